The summed E-state index contributed by atoms with van der Waals surface area (Å²) in [5, 5.41) is 18.3. The van der Waals surface area contributed by atoms with Crippen LogP contribution in [-0.2, 0) is 0 Å². The van der Waals surface area contributed by atoms with E-state index in [-0.39, 0.29) is 41.2 Å². The quantitative estimate of drug-likeness (QED) is 0.525. The van der Waals surface area contributed by atoms with E-state index in [1.807, 2.05) is 6.07 Å². The van der Waals surface area contributed by atoms with Crippen LogP contribution in [-0.4, -0.2) is 33.3 Å². The maximum atomic E-state index is 12.3. The van der Waals surface area contributed by atoms with E-state index < -0.39 is 11.2 Å². The Hall–Kier alpha value is -3.64. The molecule has 0 aliphatic heterocycles. The van der Waals surface area contributed by atoms with Gasteiger partial charge < -0.3 is 15.6 Å². The van der Waals surface area contributed by atoms with Gasteiger partial charge in [-0.05, 0) is 17.7 Å². The number of aromatic nitrogens is 3. The third-order valence-electron chi connectivity index (χ3n) is 3.53. The number of nitriles is 1. The number of aliphatic hydroxyl groups is 1. The summed E-state index contributed by atoms with van der Waals surface area (Å²) in [7, 11) is 0. The fourth-order valence-electron chi connectivity index (χ4n) is 2.50. The maximum Gasteiger partial charge on any atom is 0.327 e. The Morgan fingerprint density at radius 1 is 1.24 bits per heavy atom. The van der Waals surface area contributed by atoms with Gasteiger partial charge >= 0.3 is 5.69 Å². The van der Waals surface area contributed by atoms with E-state index in [2.05, 4.69) is 15.0 Å². The lowest BCUT2D eigenvalue weighted by molar-refractivity contribution is 0.201. The van der Waals surface area contributed by atoms with Crippen molar-refractivity contribution in [1.29, 1.82) is 5.26 Å². The molecule has 0 aliphatic rings. The van der Waals surface area contributed by atoms with Crippen LogP contribution in [0.3, 0.4) is 0 Å². The van der Waals surface area contributed by atoms with Gasteiger partial charge in [0.15, 0.2) is 0 Å². The van der Waals surface area contributed by atoms with E-state index in [0.717, 1.165) is 0 Å². The zero-order chi connectivity index (χ0) is 18.0. The number of hydrogen-bond donors (Lipinski definition) is 4. The van der Waals surface area contributed by atoms with Crippen LogP contribution >= 0.6 is 0 Å². The Morgan fingerprint density at radius 2 is 1.96 bits per heavy atom. The van der Waals surface area contributed by atoms with Gasteiger partial charge in [0, 0.05) is 5.56 Å². The second kappa shape index (κ2) is 6.46. The Kier molecular flexibility index (Phi) is 4.20. The van der Waals surface area contributed by atoms with E-state index >= 15 is 0 Å². The number of aromatic amines is 2. The number of nitrogens with zero attached hydrogens (tertiary/aromatic N) is 2. The van der Waals surface area contributed by atoms with Crippen molar-refractivity contribution in [2.45, 2.75) is 0 Å². The van der Waals surface area contributed by atoms with E-state index in [1.165, 1.54) is 0 Å². The smallest absolute Gasteiger partial charge is 0.327 e. The average Bonchev–Trinajstić information content (AvgIpc) is 2.59. The summed E-state index contributed by atoms with van der Waals surface area (Å²) in [5.74, 6) is 0.428. The number of ether oxygens (including phenoxy) is 1. The lowest BCUT2D eigenvalue weighted by atomic mass is 9.98. The van der Waals surface area contributed by atoms with Gasteiger partial charge in [-0.15, -0.1) is 0 Å². The fourth-order valence-corrected chi connectivity index (χ4v) is 2.50. The topological polar surface area (TPSA) is 158 Å². The number of H-pyrrole nitrogens is 2. The summed E-state index contributed by atoms with van der Waals surface area (Å²) in [6.45, 7) is 0.0312. The van der Waals surface area contributed by atoms with Crippen molar-refractivity contribution >= 4 is 16.9 Å². The molecule has 0 aliphatic carbocycles. The molecular formula is C16H13N5O4. The number of rotatable bonds is 4. The summed E-state index contributed by atoms with van der Waals surface area (Å²) in [6.07, 6.45) is 0. The second-order valence-corrected chi connectivity index (χ2v) is 5.09. The number of anilines is 1. The predicted octanol–water partition coefficient (Wildman–Crippen LogP) is 0.103. The molecule has 2 heterocycles. The van der Waals surface area contributed by atoms with Gasteiger partial charge in [-0.1, -0.05) is 12.1 Å². The summed E-state index contributed by atoms with van der Waals surface area (Å²) in [4.78, 5) is 32.2. The average molecular weight is 339 g/mol. The third kappa shape index (κ3) is 2.93. The highest BCUT2D eigenvalue weighted by molar-refractivity contribution is 5.97. The molecule has 3 rings (SSSR count). The van der Waals surface area contributed by atoms with Crippen molar-refractivity contribution < 1.29 is 9.84 Å². The molecule has 0 unspecified atom stereocenters. The van der Waals surface area contributed by atoms with Crippen LogP contribution in [0.25, 0.3) is 22.2 Å². The van der Waals surface area contributed by atoms with Crippen molar-refractivity contribution in [3.05, 3.63) is 50.7 Å². The number of aliphatic hydroxyl groups excluding tert-OH is 1. The zero-order valence-electron chi connectivity index (χ0n) is 12.9. The van der Waals surface area contributed by atoms with Crippen molar-refractivity contribution in [1.82, 2.24) is 15.0 Å². The standard InChI is InChI=1S/C16H13N5O4/c17-7-10-11(8-1-3-9(4-2-8)25-6-5-22)12-14(19-13(10)18)20-16(24)21-15(12)23/h1-4,22H,5-6H2,(H4,18,19,20,21,23,24). The van der Waals surface area contributed by atoms with Gasteiger partial charge in [0.2, 0.25) is 0 Å². The van der Waals surface area contributed by atoms with Gasteiger partial charge in [0.1, 0.15) is 35.5 Å². The molecule has 3 aromatic rings. The molecule has 25 heavy (non-hydrogen) atoms. The predicted molar refractivity (Wildman–Crippen MR) is 90.1 cm³/mol. The van der Waals surface area contributed by atoms with E-state index in [9.17, 15) is 14.9 Å². The van der Waals surface area contributed by atoms with Crippen LogP contribution in [0.1, 0.15) is 5.56 Å². The first-order chi connectivity index (χ1) is 12.0. The molecule has 0 amide bonds. The van der Waals surface area contributed by atoms with Crippen molar-refractivity contribution in [2.24, 2.45) is 0 Å². The molecule has 1 aromatic carbocycles. The first-order valence-corrected chi connectivity index (χ1v) is 7.25. The summed E-state index contributed by atoms with van der Waals surface area (Å²) >= 11 is 0. The molecular weight excluding hydrogens is 326 g/mol. The largest absolute Gasteiger partial charge is 0.491 e. The van der Waals surface area contributed by atoms with Crippen LogP contribution in [0.5, 0.6) is 5.75 Å². The minimum absolute atomic E-state index is 0.000794. The first-order valence-electron chi connectivity index (χ1n) is 7.25. The molecule has 0 radical (unpaired) electrons. The highest BCUT2D eigenvalue weighted by Crippen LogP contribution is 2.32. The maximum absolute atomic E-state index is 12.3. The Morgan fingerprint density at radius 3 is 2.60 bits per heavy atom. The number of nitrogen functional groups attached to an aromatic ring is 1. The number of nitrogens with two attached hydrogens (primary N) is 1. The molecule has 126 valence electrons. The number of pyridine rings is 1. The Labute approximate surface area is 140 Å². The number of hydrogen-bond acceptors (Lipinski definition) is 7. The Bertz CT molecular complexity index is 1090. The Balaban J connectivity index is 2.29. The molecule has 9 heteroatoms. The lowest BCUT2D eigenvalue weighted by Crippen LogP contribution is -2.23. The SMILES string of the molecule is N#Cc1c(N)nc2[nH]c(=O)[nH]c(=O)c2c1-c1ccc(OCCO)cc1. The second-order valence-electron chi connectivity index (χ2n) is 5.09. The minimum atomic E-state index is -0.715. The number of nitrogens with one attached hydrogen (secondary N) is 2. The lowest BCUT2D eigenvalue weighted by Gasteiger charge is -2.11. The zero-order valence-corrected chi connectivity index (χ0v) is 12.9. The first kappa shape index (κ1) is 16.2. The van der Waals surface area contributed by atoms with E-state index in [4.69, 9.17) is 15.6 Å². The van der Waals surface area contributed by atoms with Gasteiger partial charge in [0.05, 0.1) is 12.0 Å². The van der Waals surface area contributed by atoms with E-state index in [0.29, 0.717) is 11.3 Å². The van der Waals surface area contributed by atoms with E-state index in [1.54, 1.807) is 24.3 Å². The normalized spacial score (nSPS) is 10.6. The van der Waals surface area contributed by atoms with Gasteiger partial charge in [0.25, 0.3) is 5.56 Å². The summed E-state index contributed by atoms with van der Waals surface area (Å²) in [6, 6.07) is 8.51. The summed E-state index contributed by atoms with van der Waals surface area (Å²) < 4.78 is 5.29. The van der Waals surface area contributed by atoms with Crippen molar-refractivity contribution in [2.75, 3.05) is 18.9 Å². The van der Waals surface area contributed by atoms with Crippen molar-refractivity contribution in [3.63, 3.8) is 0 Å². The van der Waals surface area contributed by atoms with Crippen LogP contribution < -0.4 is 21.7 Å². The highest BCUT2D eigenvalue weighted by atomic mass is 16.5. The molecule has 0 fully saturated rings. The molecule has 0 atom stereocenters. The van der Waals surface area contributed by atoms with Crippen LogP contribution in [0.2, 0.25) is 0 Å². The van der Waals surface area contributed by atoms with Gasteiger partial charge in [-0.2, -0.15) is 5.26 Å². The fraction of sp³-hybridized carbons (Fsp3) is 0.125. The summed E-state index contributed by atoms with van der Waals surface area (Å²) in [5.41, 5.74) is 5.27. The molecule has 0 saturated carbocycles. The molecule has 2 aromatic heterocycles. The molecule has 5 N–H and O–H groups in total. The van der Waals surface area contributed by atoms with Crippen LogP contribution in [0.15, 0.2) is 33.9 Å². The number of benzene rings is 1. The van der Waals surface area contributed by atoms with Gasteiger partial charge in [-0.3, -0.25) is 14.8 Å². The monoisotopic (exact) mass is 339 g/mol. The van der Waals surface area contributed by atoms with Crippen LogP contribution in [0.4, 0.5) is 5.82 Å². The molecule has 0 spiro atoms. The molecule has 0 bridgehead atoms. The number of fused-ring (bicyclic) bond motifs is 1. The highest BCUT2D eigenvalue weighted by Gasteiger charge is 2.18. The minimum Gasteiger partial charge on any atom is -0.491 e. The van der Waals surface area contributed by atoms with Crippen molar-refractivity contribution in [3.8, 4) is 22.9 Å². The molecule has 0 saturated heterocycles. The third-order valence-corrected chi connectivity index (χ3v) is 3.53. The van der Waals surface area contributed by atoms with Crippen LogP contribution in [0, 0.1) is 11.3 Å². The molecule has 9 nitrogen and oxygen atoms in total. The van der Waals surface area contributed by atoms with Gasteiger partial charge in [-0.25, -0.2) is 9.78 Å².